The van der Waals surface area contributed by atoms with Gasteiger partial charge in [-0.05, 0) is 61.3 Å². The zero-order chi connectivity index (χ0) is 20.5. The molecule has 0 radical (unpaired) electrons. The number of hydrogen-bond donors (Lipinski definition) is 2. The van der Waals surface area contributed by atoms with Gasteiger partial charge in [0.1, 0.15) is 5.82 Å². The van der Waals surface area contributed by atoms with Crippen LogP contribution in [0, 0.1) is 17.7 Å². The van der Waals surface area contributed by atoms with Gasteiger partial charge in [-0.25, -0.2) is 4.39 Å². The van der Waals surface area contributed by atoms with E-state index in [1.807, 2.05) is 6.08 Å². The average molecular weight is 406 g/mol. The number of halogens is 1. The number of unbranched alkanes of at least 4 members (excludes halogenated alkanes) is 1. The molecule has 0 aromatic heterocycles. The smallest absolute Gasteiger partial charge is 0.286 e. The largest absolute Gasteiger partial charge is 0.459 e. The fourth-order valence-electron chi connectivity index (χ4n) is 4.14. The number of amides is 1. The van der Waals surface area contributed by atoms with Crippen LogP contribution in [0.5, 0.6) is 0 Å². The van der Waals surface area contributed by atoms with Gasteiger partial charge < -0.3 is 19.9 Å². The van der Waals surface area contributed by atoms with Crippen LogP contribution in [-0.4, -0.2) is 30.5 Å². The maximum atomic E-state index is 13.0. The van der Waals surface area contributed by atoms with E-state index in [9.17, 15) is 9.18 Å². The van der Waals surface area contributed by atoms with Crippen LogP contribution in [0.4, 0.5) is 4.39 Å². The molecular formula is C23H32FNO4. The lowest BCUT2D eigenvalue weighted by molar-refractivity contribution is -0.151. The highest BCUT2D eigenvalue weighted by atomic mass is 19.1. The normalized spacial score (nSPS) is 22.6. The van der Waals surface area contributed by atoms with Crippen molar-refractivity contribution in [3.63, 3.8) is 0 Å². The van der Waals surface area contributed by atoms with E-state index in [2.05, 4.69) is 5.32 Å². The van der Waals surface area contributed by atoms with Gasteiger partial charge in [0.2, 0.25) is 6.29 Å². The van der Waals surface area contributed by atoms with Crippen LogP contribution in [0.1, 0.15) is 56.9 Å². The van der Waals surface area contributed by atoms with E-state index in [1.54, 1.807) is 12.1 Å². The first-order valence-electron chi connectivity index (χ1n) is 10.8. The first-order chi connectivity index (χ1) is 14.2. The Bertz CT molecular complexity index is 670. The molecule has 1 amide bonds. The van der Waals surface area contributed by atoms with Crippen molar-refractivity contribution in [2.45, 2.75) is 64.2 Å². The van der Waals surface area contributed by atoms with Crippen molar-refractivity contribution in [3.05, 3.63) is 47.5 Å². The SMILES string of the molecule is O=C(NCc1ccc(F)cc1)C1=C[C@H](C2CCCCC2)C[C@H](OCCCCO)O1. The van der Waals surface area contributed by atoms with Gasteiger partial charge >= 0.3 is 0 Å². The van der Waals surface area contributed by atoms with Gasteiger partial charge in [0.15, 0.2) is 5.76 Å². The van der Waals surface area contributed by atoms with Crippen molar-refractivity contribution < 1.29 is 23.8 Å². The van der Waals surface area contributed by atoms with Gasteiger partial charge in [0, 0.05) is 19.6 Å². The van der Waals surface area contributed by atoms with Gasteiger partial charge in [0.25, 0.3) is 5.91 Å². The highest BCUT2D eigenvalue weighted by Gasteiger charge is 2.32. The summed E-state index contributed by atoms with van der Waals surface area (Å²) in [5.74, 6) is 0.601. The predicted molar refractivity (Wildman–Crippen MR) is 108 cm³/mol. The number of allylic oxidation sites excluding steroid dienone is 1. The van der Waals surface area contributed by atoms with Crippen LogP contribution < -0.4 is 5.32 Å². The fourth-order valence-corrected chi connectivity index (χ4v) is 4.14. The molecule has 1 aliphatic heterocycles. The fraction of sp³-hybridized carbons (Fsp3) is 0.609. The molecule has 2 N–H and O–H groups in total. The third-order valence-electron chi connectivity index (χ3n) is 5.79. The first kappa shape index (κ1) is 21.8. The van der Waals surface area contributed by atoms with Crippen LogP contribution in [0.2, 0.25) is 0 Å². The molecule has 160 valence electrons. The Morgan fingerprint density at radius 3 is 2.66 bits per heavy atom. The second-order valence-electron chi connectivity index (χ2n) is 7.99. The number of aliphatic hydroxyl groups excluding tert-OH is 1. The molecule has 2 atom stereocenters. The topological polar surface area (TPSA) is 67.8 Å². The molecule has 1 heterocycles. The minimum atomic E-state index is -0.433. The maximum Gasteiger partial charge on any atom is 0.286 e. The predicted octanol–water partition coefficient (Wildman–Crippen LogP) is 4.06. The highest BCUT2D eigenvalue weighted by molar-refractivity contribution is 5.91. The number of nitrogens with one attached hydrogen (secondary N) is 1. The molecule has 2 aliphatic rings. The van der Waals surface area contributed by atoms with Crippen molar-refractivity contribution >= 4 is 5.91 Å². The highest BCUT2D eigenvalue weighted by Crippen LogP contribution is 2.37. The Morgan fingerprint density at radius 1 is 1.17 bits per heavy atom. The van der Waals surface area contributed by atoms with Crippen LogP contribution in [-0.2, 0) is 20.8 Å². The number of ether oxygens (including phenoxy) is 2. The Balaban J connectivity index is 1.61. The summed E-state index contributed by atoms with van der Waals surface area (Å²) in [4.78, 5) is 12.7. The minimum Gasteiger partial charge on any atom is -0.459 e. The summed E-state index contributed by atoms with van der Waals surface area (Å²) in [6, 6.07) is 6.08. The molecule has 29 heavy (non-hydrogen) atoms. The summed E-state index contributed by atoms with van der Waals surface area (Å²) in [6.07, 6.45) is 9.90. The van der Waals surface area contributed by atoms with E-state index in [0.29, 0.717) is 31.2 Å². The summed E-state index contributed by atoms with van der Waals surface area (Å²) in [7, 11) is 0. The first-order valence-corrected chi connectivity index (χ1v) is 10.8. The summed E-state index contributed by atoms with van der Waals surface area (Å²) in [5.41, 5.74) is 0.830. The molecule has 1 aliphatic carbocycles. The van der Waals surface area contributed by atoms with E-state index in [1.165, 1.54) is 44.2 Å². The van der Waals surface area contributed by atoms with Crippen molar-refractivity contribution in [1.29, 1.82) is 0 Å². The molecule has 3 rings (SSSR count). The minimum absolute atomic E-state index is 0.149. The third-order valence-corrected chi connectivity index (χ3v) is 5.79. The molecule has 1 aromatic carbocycles. The lowest BCUT2D eigenvalue weighted by Gasteiger charge is -2.35. The molecule has 0 bridgehead atoms. The van der Waals surface area contributed by atoms with Crippen LogP contribution in [0.25, 0.3) is 0 Å². The monoisotopic (exact) mass is 405 g/mol. The van der Waals surface area contributed by atoms with Crippen molar-refractivity contribution in [2.75, 3.05) is 13.2 Å². The van der Waals surface area contributed by atoms with E-state index in [0.717, 1.165) is 18.4 Å². The van der Waals surface area contributed by atoms with E-state index < -0.39 is 6.29 Å². The summed E-state index contributed by atoms with van der Waals surface area (Å²) < 4.78 is 24.8. The van der Waals surface area contributed by atoms with Gasteiger partial charge in [-0.1, -0.05) is 31.4 Å². The van der Waals surface area contributed by atoms with Gasteiger partial charge in [-0.15, -0.1) is 0 Å². The van der Waals surface area contributed by atoms with Crippen LogP contribution >= 0.6 is 0 Å². The number of carbonyl (C=O) groups is 1. The van der Waals surface area contributed by atoms with Crippen molar-refractivity contribution in [1.82, 2.24) is 5.32 Å². The van der Waals surface area contributed by atoms with E-state index in [-0.39, 0.29) is 24.2 Å². The maximum absolute atomic E-state index is 13.0. The van der Waals surface area contributed by atoms with Crippen molar-refractivity contribution in [3.8, 4) is 0 Å². The molecule has 1 fully saturated rings. The van der Waals surface area contributed by atoms with Gasteiger partial charge in [0.05, 0.1) is 6.61 Å². The molecule has 5 nitrogen and oxygen atoms in total. The molecule has 1 aromatic rings. The zero-order valence-corrected chi connectivity index (χ0v) is 16.9. The molecule has 6 heteroatoms. The number of benzene rings is 1. The van der Waals surface area contributed by atoms with Crippen molar-refractivity contribution in [2.24, 2.45) is 11.8 Å². The standard InChI is InChI=1S/C23H32FNO4/c24-20-10-8-17(9-11-20)16-25-23(27)21-14-19(18-6-2-1-3-7-18)15-22(29-21)28-13-5-4-12-26/h8-11,14,18-19,22,26H,1-7,12-13,15-16H2,(H,25,27)/t19-,22+/m0/s1. The van der Waals surface area contributed by atoms with Crippen LogP contribution in [0.3, 0.4) is 0 Å². The van der Waals surface area contributed by atoms with E-state index >= 15 is 0 Å². The second-order valence-corrected chi connectivity index (χ2v) is 7.99. The average Bonchev–Trinajstić information content (AvgIpc) is 2.76. The van der Waals surface area contributed by atoms with Crippen LogP contribution in [0.15, 0.2) is 36.1 Å². The Labute approximate surface area is 172 Å². The Hall–Kier alpha value is -1.92. The molecule has 0 unspecified atom stereocenters. The Kier molecular flexibility index (Phi) is 8.50. The zero-order valence-electron chi connectivity index (χ0n) is 16.9. The second kappa shape index (κ2) is 11.3. The summed E-state index contributed by atoms with van der Waals surface area (Å²) in [6.45, 7) is 0.972. The molecular weight excluding hydrogens is 373 g/mol. The third kappa shape index (κ3) is 6.82. The number of hydrogen-bond acceptors (Lipinski definition) is 4. The summed E-state index contributed by atoms with van der Waals surface area (Å²) in [5, 5.41) is 11.8. The van der Waals surface area contributed by atoms with Gasteiger partial charge in [-0.2, -0.15) is 0 Å². The number of carbonyl (C=O) groups excluding carboxylic acids is 1. The Morgan fingerprint density at radius 2 is 1.93 bits per heavy atom. The van der Waals surface area contributed by atoms with E-state index in [4.69, 9.17) is 14.6 Å². The molecule has 1 saturated carbocycles. The number of aliphatic hydroxyl groups is 1. The number of rotatable bonds is 9. The quantitative estimate of drug-likeness (QED) is 0.608. The molecule has 0 spiro atoms. The summed E-state index contributed by atoms with van der Waals surface area (Å²) >= 11 is 0. The lowest BCUT2D eigenvalue weighted by atomic mass is 9.77. The lowest BCUT2D eigenvalue weighted by Crippen LogP contribution is -2.35. The van der Waals surface area contributed by atoms with Gasteiger partial charge in [-0.3, -0.25) is 4.79 Å². The molecule has 0 saturated heterocycles.